The number of rotatable bonds is 11. The molecule has 0 unspecified atom stereocenters. The Labute approximate surface area is 274 Å². The minimum atomic E-state index is 0.258. The summed E-state index contributed by atoms with van der Waals surface area (Å²) in [6.07, 6.45) is 2.15. The molecule has 1 aromatic heterocycles. The summed E-state index contributed by atoms with van der Waals surface area (Å²) in [6, 6.07) is 38.3. The second-order valence-corrected chi connectivity index (χ2v) is 12.2. The molecule has 0 saturated carbocycles. The van der Waals surface area contributed by atoms with Crippen molar-refractivity contribution in [3.05, 3.63) is 126 Å². The van der Waals surface area contributed by atoms with Crippen LogP contribution in [0.2, 0.25) is 0 Å². The van der Waals surface area contributed by atoms with Gasteiger partial charge in [-0.15, -0.1) is 0 Å². The molecule has 0 aliphatic carbocycles. The fourth-order valence-corrected chi connectivity index (χ4v) is 6.55. The Hall–Kier alpha value is -5.27. The van der Waals surface area contributed by atoms with Crippen LogP contribution in [0.4, 0.5) is 0 Å². The van der Waals surface area contributed by atoms with E-state index in [9.17, 15) is 0 Å². The van der Waals surface area contributed by atoms with Crippen molar-refractivity contribution in [2.24, 2.45) is 0 Å². The van der Waals surface area contributed by atoms with E-state index < -0.39 is 0 Å². The highest BCUT2D eigenvalue weighted by molar-refractivity contribution is 5.86. The van der Waals surface area contributed by atoms with E-state index in [1.54, 1.807) is 0 Å². The summed E-state index contributed by atoms with van der Waals surface area (Å²) in [5.41, 5.74) is 6.78. The molecule has 2 aliphatic rings. The molecule has 0 amide bonds. The molecule has 236 valence electrons. The molecule has 0 fully saturated rings. The van der Waals surface area contributed by atoms with Gasteiger partial charge in [-0.25, -0.2) is 4.98 Å². The molecule has 0 bridgehead atoms. The molecule has 0 saturated heterocycles. The standard InChI is InChI=1S/C40H37N3O4/c1-2-3-19-43-34(39(31-10-5-4-6-11-31)41-40(43)33-16-15-30-9-7-8-12-32(30)22-33)25-42(23-28-13-17-35-37(20-28)46-26-44-35)24-29-14-18-36-38(21-29)47-27-45-36/h4-18,20-22H,2-3,19,23-27H2,1H3. The van der Waals surface area contributed by atoms with Crippen LogP contribution in [0.15, 0.2) is 109 Å². The number of benzene rings is 5. The lowest BCUT2D eigenvalue weighted by atomic mass is 10.1. The number of imidazole rings is 1. The van der Waals surface area contributed by atoms with Gasteiger partial charge in [0.1, 0.15) is 5.82 Å². The second-order valence-electron chi connectivity index (χ2n) is 12.2. The average molecular weight is 624 g/mol. The summed E-state index contributed by atoms with van der Waals surface area (Å²) in [7, 11) is 0. The van der Waals surface area contributed by atoms with E-state index in [1.807, 2.05) is 12.1 Å². The third-order valence-electron chi connectivity index (χ3n) is 8.92. The molecule has 0 radical (unpaired) electrons. The van der Waals surface area contributed by atoms with Gasteiger partial charge in [0.25, 0.3) is 0 Å². The highest BCUT2D eigenvalue weighted by atomic mass is 16.7. The fourth-order valence-electron chi connectivity index (χ4n) is 6.55. The maximum Gasteiger partial charge on any atom is 0.231 e. The Balaban J connectivity index is 1.23. The van der Waals surface area contributed by atoms with Crippen LogP contribution in [0.25, 0.3) is 33.4 Å². The zero-order valence-corrected chi connectivity index (χ0v) is 26.5. The summed E-state index contributed by atoms with van der Waals surface area (Å²) in [5.74, 6) is 4.17. The topological polar surface area (TPSA) is 58.0 Å². The maximum atomic E-state index is 5.75. The van der Waals surface area contributed by atoms with Gasteiger partial charge in [-0.05, 0) is 58.7 Å². The van der Waals surface area contributed by atoms with Crippen molar-refractivity contribution in [1.29, 1.82) is 0 Å². The molecule has 2 aliphatic heterocycles. The molecule has 47 heavy (non-hydrogen) atoms. The molecular formula is C40H37N3O4. The lowest BCUT2D eigenvalue weighted by Gasteiger charge is -2.25. The number of aromatic nitrogens is 2. The normalized spacial score (nSPS) is 13.1. The Morgan fingerprint density at radius 2 is 1.26 bits per heavy atom. The van der Waals surface area contributed by atoms with Crippen LogP contribution < -0.4 is 18.9 Å². The van der Waals surface area contributed by atoms with Crippen LogP contribution in [-0.4, -0.2) is 28.0 Å². The van der Waals surface area contributed by atoms with Gasteiger partial charge in [0, 0.05) is 37.3 Å². The number of hydrogen-bond donors (Lipinski definition) is 0. The zero-order chi connectivity index (χ0) is 31.6. The van der Waals surface area contributed by atoms with Crippen LogP contribution >= 0.6 is 0 Å². The van der Waals surface area contributed by atoms with Gasteiger partial charge in [-0.3, -0.25) is 4.90 Å². The monoisotopic (exact) mass is 623 g/mol. The van der Waals surface area contributed by atoms with E-state index >= 15 is 0 Å². The fraction of sp³-hybridized carbons (Fsp3) is 0.225. The van der Waals surface area contributed by atoms with E-state index in [1.165, 1.54) is 16.5 Å². The molecule has 0 spiro atoms. The van der Waals surface area contributed by atoms with Crippen molar-refractivity contribution >= 4 is 10.8 Å². The number of nitrogens with zero attached hydrogens (tertiary/aromatic N) is 3. The van der Waals surface area contributed by atoms with Crippen molar-refractivity contribution < 1.29 is 18.9 Å². The van der Waals surface area contributed by atoms with Crippen molar-refractivity contribution in [2.75, 3.05) is 13.6 Å². The lowest BCUT2D eigenvalue weighted by Crippen LogP contribution is -2.24. The van der Waals surface area contributed by atoms with Crippen molar-refractivity contribution in [3.8, 4) is 45.6 Å². The molecule has 8 rings (SSSR count). The summed E-state index contributed by atoms with van der Waals surface area (Å²) in [4.78, 5) is 7.91. The molecule has 7 heteroatoms. The molecule has 7 nitrogen and oxygen atoms in total. The summed E-state index contributed by atoms with van der Waals surface area (Å²) < 4.78 is 25.2. The molecule has 3 heterocycles. The third-order valence-corrected chi connectivity index (χ3v) is 8.92. The van der Waals surface area contributed by atoms with Gasteiger partial charge in [-0.1, -0.05) is 92.2 Å². The van der Waals surface area contributed by atoms with Crippen LogP contribution in [0.1, 0.15) is 36.6 Å². The van der Waals surface area contributed by atoms with E-state index in [2.05, 4.69) is 113 Å². The molecule has 0 N–H and O–H groups in total. The predicted octanol–water partition coefficient (Wildman–Crippen LogP) is 8.83. The molecule has 6 aromatic rings. The Bertz CT molecular complexity index is 1980. The predicted molar refractivity (Wildman–Crippen MR) is 184 cm³/mol. The SMILES string of the molecule is CCCCn1c(-c2ccc3ccccc3c2)nc(-c2ccccc2)c1CN(Cc1ccc2c(c1)OCO2)Cc1ccc2c(c1)OCO2. The van der Waals surface area contributed by atoms with Gasteiger partial charge < -0.3 is 23.5 Å². The first kappa shape index (κ1) is 29.2. The maximum absolute atomic E-state index is 5.75. The summed E-state index contributed by atoms with van der Waals surface area (Å²) in [6.45, 7) is 5.76. The van der Waals surface area contributed by atoms with Gasteiger partial charge in [0.2, 0.25) is 13.6 Å². The largest absolute Gasteiger partial charge is 0.454 e. The number of unbranched alkanes of at least 4 members (excludes halogenated alkanes) is 1. The number of hydrogen-bond acceptors (Lipinski definition) is 6. The van der Waals surface area contributed by atoms with Crippen molar-refractivity contribution in [3.63, 3.8) is 0 Å². The van der Waals surface area contributed by atoms with Gasteiger partial charge >= 0.3 is 0 Å². The van der Waals surface area contributed by atoms with Crippen LogP contribution in [0.5, 0.6) is 23.0 Å². The number of fused-ring (bicyclic) bond motifs is 3. The highest BCUT2D eigenvalue weighted by Gasteiger charge is 2.24. The van der Waals surface area contributed by atoms with Crippen molar-refractivity contribution in [1.82, 2.24) is 14.5 Å². The molecular weight excluding hydrogens is 586 g/mol. The van der Waals surface area contributed by atoms with E-state index in [0.29, 0.717) is 19.6 Å². The van der Waals surface area contributed by atoms with E-state index in [0.717, 1.165) is 76.2 Å². The Kier molecular flexibility index (Phi) is 7.97. The van der Waals surface area contributed by atoms with Crippen LogP contribution in [0, 0.1) is 0 Å². The Morgan fingerprint density at radius 3 is 1.94 bits per heavy atom. The van der Waals surface area contributed by atoms with Gasteiger partial charge in [-0.2, -0.15) is 0 Å². The zero-order valence-electron chi connectivity index (χ0n) is 26.5. The lowest BCUT2D eigenvalue weighted by molar-refractivity contribution is 0.173. The molecule has 5 aromatic carbocycles. The smallest absolute Gasteiger partial charge is 0.231 e. The van der Waals surface area contributed by atoms with Gasteiger partial charge in [0.05, 0.1) is 11.4 Å². The highest BCUT2D eigenvalue weighted by Crippen LogP contribution is 2.37. The second kappa shape index (κ2) is 12.9. The number of ether oxygens (including phenoxy) is 4. The van der Waals surface area contributed by atoms with E-state index in [-0.39, 0.29) is 13.6 Å². The quantitative estimate of drug-likeness (QED) is 0.144. The minimum absolute atomic E-state index is 0.258. The molecule has 0 atom stereocenters. The van der Waals surface area contributed by atoms with Crippen LogP contribution in [0.3, 0.4) is 0 Å². The third kappa shape index (κ3) is 6.02. The van der Waals surface area contributed by atoms with Crippen LogP contribution in [-0.2, 0) is 26.2 Å². The van der Waals surface area contributed by atoms with Crippen molar-refractivity contribution in [2.45, 2.75) is 45.9 Å². The first-order valence-corrected chi connectivity index (χ1v) is 16.4. The summed E-state index contributed by atoms with van der Waals surface area (Å²) >= 11 is 0. The first-order valence-electron chi connectivity index (χ1n) is 16.4. The minimum Gasteiger partial charge on any atom is -0.454 e. The Morgan fingerprint density at radius 1 is 0.617 bits per heavy atom. The van der Waals surface area contributed by atoms with Gasteiger partial charge in [0.15, 0.2) is 23.0 Å². The summed E-state index contributed by atoms with van der Waals surface area (Å²) in [5, 5.41) is 2.44. The first-order chi connectivity index (χ1) is 23.2. The van der Waals surface area contributed by atoms with E-state index in [4.69, 9.17) is 23.9 Å². The average Bonchev–Trinajstić information content (AvgIpc) is 3.86.